The first-order valence-electron chi connectivity index (χ1n) is 9.56. The lowest BCUT2D eigenvalue weighted by Gasteiger charge is -2.22. The molecule has 1 atom stereocenters. The van der Waals surface area contributed by atoms with Gasteiger partial charge in [0.05, 0.1) is 0 Å². The number of nitrogens with zero attached hydrogens (tertiary/aromatic N) is 2. The van der Waals surface area contributed by atoms with Crippen LogP contribution < -0.4 is 10.2 Å². The standard InChI is InChI=1S/C20H27N3O2S/c1-2-23(16-11-7-4-8-12-16)18(24)13-17-19(25)22-20(26-17)21-14-15-9-5-3-6-10-15/h4,7-8,11-12,15,17H,2-3,5-6,9-10,13-14H2,1H3,(H,21,22,25). The van der Waals surface area contributed by atoms with Gasteiger partial charge in [-0.05, 0) is 37.8 Å². The molecular formula is C20H27N3O2S. The van der Waals surface area contributed by atoms with Crippen molar-refractivity contribution in [3.63, 3.8) is 0 Å². The van der Waals surface area contributed by atoms with E-state index in [1.54, 1.807) is 4.90 Å². The number of rotatable bonds is 6. The van der Waals surface area contributed by atoms with Crippen molar-refractivity contribution in [1.29, 1.82) is 0 Å². The molecule has 2 aliphatic rings. The average Bonchev–Trinajstić information content (AvgIpc) is 3.02. The van der Waals surface area contributed by atoms with Crippen molar-refractivity contribution in [3.8, 4) is 0 Å². The third-order valence-corrected chi connectivity index (χ3v) is 6.16. The Hall–Kier alpha value is -1.82. The van der Waals surface area contributed by atoms with Gasteiger partial charge in [-0.1, -0.05) is 49.2 Å². The maximum absolute atomic E-state index is 12.7. The topological polar surface area (TPSA) is 61.8 Å². The lowest BCUT2D eigenvalue weighted by molar-refractivity contribution is -0.122. The van der Waals surface area contributed by atoms with E-state index in [0.29, 0.717) is 17.6 Å². The van der Waals surface area contributed by atoms with Gasteiger partial charge in [-0.15, -0.1) is 0 Å². The van der Waals surface area contributed by atoms with E-state index in [1.165, 1.54) is 43.9 Å². The molecule has 3 rings (SSSR count). The highest BCUT2D eigenvalue weighted by atomic mass is 32.2. The predicted molar refractivity (Wildman–Crippen MR) is 107 cm³/mol. The summed E-state index contributed by atoms with van der Waals surface area (Å²) in [7, 11) is 0. The van der Waals surface area contributed by atoms with Gasteiger partial charge in [0.25, 0.3) is 5.91 Å². The molecule has 140 valence electrons. The first kappa shape index (κ1) is 19.0. The van der Waals surface area contributed by atoms with Gasteiger partial charge >= 0.3 is 0 Å². The summed E-state index contributed by atoms with van der Waals surface area (Å²) >= 11 is 1.40. The van der Waals surface area contributed by atoms with Crippen molar-refractivity contribution >= 4 is 34.4 Å². The molecule has 6 heteroatoms. The van der Waals surface area contributed by atoms with E-state index < -0.39 is 5.25 Å². The van der Waals surface area contributed by atoms with Gasteiger partial charge in [-0.25, -0.2) is 0 Å². The van der Waals surface area contributed by atoms with E-state index in [2.05, 4.69) is 10.3 Å². The number of anilines is 1. The zero-order chi connectivity index (χ0) is 18.4. The molecule has 1 fully saturated rings. The van der Waals surface area contributed by atoms with Crippen LogP contribution in [-0.2, 0) is 9.59 Å². The zero-order valence-corrected chi connectivity index (χ0v) is 16.1. The summed E-state index contributed by atoms with van der Waals surface area (Å²) in [4.78, 5) is 30.7. The van der Waals surface area contributed by atoms with Crippen LogP contribution in [0.25, 0.3) is 0 Å². The van der Waals surface area contributed by atoms with Crippen molar-refractivity contribution in [1.82, 2.24) is 5.32 Å². The van der Waals surface area contributed by atoms with Crippen molar-refractivity contribution in [3.05, 3.63) is 30.3 Å². The van der Waals surface area contributed by atoms with Gasteiger partial charge in [0.2, 0.25) is 5.91 Å². The minimum absolute atomic E-state index is 0.0340. The van der Waals surface area contributed by atoms with Crippen LogP contribution in [0.15, 0.2) is 35.3 Å². The fraction of sp³-hybridized carbons (Fsp3) is 0.550. The van der Waals surface area contributed by atoms with Crippen molar-refractivity contribution in [2.45, 2.75) is 50.7 Å². The number of carbonyl (C=O) groups is 2. The molecule has 1 aliphatic carbocycles. The van der Waals surface area contributed by atoms with Gasteiger partial charge in [0.15, 0.2) is 5.17 Å². The molecule has 1 N–H and O–H groups in total. The minimum Gasteiger partial charge on any atom is -0.364 e. The Bertz CT molecular complexity index is 656. The minimum atomic E-state index is -0.408. The van der Waals surface area contributed by atoms with E-state index in [4.69, 9.17) is 0 Å². The molecule has 0 bridgehead atoms. The van der Waals surface area contributed by atoms with Gasteiger partial charge in [-0.3, -0.25) is 9.59 Å². The van der Waals surface area contributed by atoms with Crippen molar-refractivity contribution in [2.24, 2.45) is 10.9 Å². The number of amidine groups is 1. The van der Waals surface area contributed by atoms with Gasteiger partial charge in [0.1, 0.15) is 5.25 Å². The zero-order valence-electron chi connectivity index (χ0n) is 15.3. The van der Waals surface area contributed by atoms with E-state index in [-0.39, 0.29) is 18.2 Å². The first-order chi connectivity index (χ1) is 12.7. The molecule has 1 unspecified atom stereocenters. The lowest BCUT2D eigenvalue weighted by atomic mass is 9.89. The fourth-order valence-corrected chi connectivity index (χ4v) is 4.55. The second kappa shape index (κ2) is 9.21. The highest BCUT2D eigenvalue weighted by molar-refractivity contribution is 8.15. The van der Waals surface area contributed by atoms with Crippen LogP contribution in [0.3, 0.4) is 0 Å². The number of hydrogen-bond donors (Lipinski definition) is 1. The quantitative estimate of drug-likeness (QED) is 0.828. The Morgan fingerprint density at radius 2 is 1.96 bits per heavy atom. The van der Waals surface area contributed by atoms with Crippen LogP contribution in [0.4, 0.5) is 5.69 Å². The third-order valence-electron chi connectivity index (χ3n) is 5.05. The molecule has 1 heterocycles. The second-order valence-electron chi connectivity index (χ2n) is 6.92. The van der Waals surface area contributed by atoms with Crippen LogP contribution in [0.5, 0.6) is 0 Å². The Morgan fingerprint density at radius 3 is 2.65 bits per heavy atom. The molecule has 26 heavy (non-hydrogen) atoms. The molecule has 1 aliphatic heterocycles. The fourth-order valence-electron chi connectivity index (χ4n) is 3.60. The molecular weight excluding hydrogens is 346 g/mol. The molecule has 1 aromatic carbocycles. The highest BCUT2D eigenvalue weighted by Gasteiger charge is 2.32. The van der Waals surface area contributed by atoms with E-state index >= 15 is 0 Å². The van der Waals surface area contributed by atoms with Crippen molar-refractivity contribution < 1.29 is 9.59 Å². The normalized spacial score (nSPS) is 20.7. The number of amides is 2. The summed E-state index contributed by atoms with van der Waals surface area (Å²) in [6.45, 7) is 3.41. The molecule has 1 saturated carbocycles. The van der Waals surface area contributed by atoms with Crippen molar-refractivity contribution in [2.75, 3.05) is 18.0 Å². The molecule has 1 aromatic rings. The summed E-state index contributed by atoms with van der Waals surface area (Å²) in [6.07, 6.45) is 6.63. The van der Waals surface area contributed by atoms with Gasteiger partial charge in [0, 0.05) is 25.2 Å². The van der Waals surface area contributed by atoms with Crippen LogP contribution in [-0.4, -0.2) is 35.3 Å². The molecule has 0 saturated heterocycles. The smallest absolute Gasteiger partial charge is 0.262 e. The highest BCUT2D eigenvalue weighted by Crippen LogP contribution is 2.27. The predicted octanol–water partition coefficient (Wildman–Crippen LogP) is 3.60. The van der Waals surface area contributed by atoms with Crippen LogP contribution in [0, 0.1) is 5.92 Å². The van der Waals surface area contributed by atoms with E-state index in [1.807, 2.05) is 37.3 Å². The summed E-state index contributed by atoms with van der Waals surface area (Å²) in [5, 5.41) is 3.60. The summed E-state index contributed by atoms with van der Waals surface area (Å²) in [6, 6.07) is 9.59. The summed E-state index contributed by atoms with van der Waals surface area (Å²) in [5.74, 6) is 0.448. The van der Waals surface area contributed by atoms with Crippen LogP contribution >= 0.6 is 11.8 Å². The molecule has 5 nitrogen and oxygen atoms in total. The average molecular weight is 374 g/mol. The van der Waals surface area contributed by atoms with Gasteiger partial charge < -0.3 is 10.2 Å². The Balaban J connectivity index is 1.51. The molecule has 2 amide bonds. The second-order valence-corrected chi connectivity index (χ2v) is 8.12. The van der Waals surface area contributed by atoms with E-state index in [9.17, 15) is 9.59 Å². The maximum Gasteiger partial charge on any atom is 0.262 e. The summed E-state index contributed by atoms with van der Waals surface area (Å²) < 4.78 is 0. The monoisotopic (exact) mass is 373 g/mol. The third kappa shape index (κ3) is 4.87. The Labute approximate surface area is 159 Å². The molecule has 0 spiro atoms. The van der Waals surface area contributed by atoms with Crippen LogP contribution in [0.2, 0.25) is 0 Å². The SMILES string of the molecule is CCN(C(=O)CC1SC(NCC2CCCCC2)=NC1=O)c1ccccc1. The maximum atomic E-state index is 12.7. The molecule has 0 radical (unpaired) electrons. The number of nitrogens with one attached hydrogen (secondary N) is 1. The van der Waals surface area contributed by atoms with Gasteiger partial charge in [-0.2, -0.15) is 4.99 Å². The number of thioether (sulfide) groups is 1. The van der Waals surface area contributed by atoms with Crippen LogP contribution in [0.1, 0.15) is 45.4 Å². The largest absolute Gasteiger partial charge is 0.364 e. The summed E-state index contributed by atoms with van der Waals surface area (Å²) in [5.41, 5.74) is 0.868. The first-order valence-corrected chi connectivity index (χ1v) is 10.4. The Morgan fingerprint density at radius 1 is 1.23 bits per heavy atom. The number of benzene rings is 1. The Kier molecular flexibility index (Phi) is 6.72. The lowest BCUT2D eigenvalue weighted by Crippen LogP contribution is -2.34. The molecule has 0 aromatic heterocycles. The number of para-hydroxylation sites is 1. The number of hydrogen-bond acceptors (Lipinski definition) is 4. The van der Waals surface area contributed by atoms with E-state index in [0.717, 1.165) is 12.2 Å². The number of aliphatic imine (C=N–C) groups is 1. The number of carbonyl (C=O) groups excluding carboxylic acids is 2.